The van der Waals surface area contributed by atoms with Crippen molar-refractivity contribution in [3.8, 4) is 6.07 Å². The molecule has 0 spiro atoms. The van der Waals surface area contributed by atoms with Gasteiger partial charge in [-0.1, -0.05) is 24.3 Å². The molecule has 26 heavy (non-hydrogen) atoms. The molecule has 0 aliphatic carbocycles. The summed E-state index contributed by atoms with van der Waals surface area (Å²) in [5.41, 5.74) is 1.31. The summed E-state index contributed by atoms with van der Waals surface area (Å²) in [6.45, 7) is 3.23. The van der Waals surface area contributed by atoms with Crippen LogP contribution in [0.4, 0.5) is 8.78 Å². The fraction of sp³-hybridized carbons (Fsp3) is 0.263. The second-order valence-electron chi connectivity index (χ2n) is 5.38. The summed E-state index contributed by atoms with van der Waals surface area (Å²) in [6, 6.07) is 12.8. The molecule has 7 heteroatoms. The number of rotatable bonds is 6. The van der Waals surface area contributed by atoms with Crippen molar-refractivity contribution >= 4 is 29.9 Å². The number of nitriles is 1. The van der Waals surface area contributed by atoms with Crippen molar-refractivity contribution in [2.75, 3.05) is 13.1 Å². The van der Waals surface area contributed by atoms with Gasteiger partial charge in [0.25, 0.3) is 0 Å². The zero-order valence-electron chi connectivity index (χ0n) is 14.4. The number of nitrogens with zero attached hydrogens (tertiary/aromatic N) is 2. The van der Waals surface area contributed by atoms with Gasteiger partial charge in [-0.25, -0.2) is 13.8 Å². The van der Waals surface area contributed by atoms with Gasteiger partial charge >= 0.3 is 0 Å². The average molecular weight is 470 g/mol. The van der Waals surface area contributed by atoms with Crippen LogP contribution >= 0.6 is 24.0 Å². The third-order valence-corrected chi connectivity index (χ3v) is 3.58. The van der Waals surface area contributed by atoms with Crippen molar-refractivity contribution in [1.29, 1.82) is 5.26 Å². The van der Waals surface area contributed by atoms with E-state index in [4.69, 9.17) is 5.26 Å². The summed E-state index contributed by atoms with van der Waals surface area (Å²) in [6.07, 6.45) is 0.516. The second-order valence-corrected chi connectivity index (χ2v) is 5.38. The Bertz CT molecular complexity index is 787. The van der Waals surface area contributed by atoms with Crippen molar-refractivity contribution in [2.24, 2.45) is 4.99 Å². The fourth-order valence-electron chi connectivity index (χ4n) is 2.27. The van der Waals surface area contributed by atoms with Gasteiger partial charge in [0.15, 0.2) is 5.96 Å². The van der Waals surface area contributed by atoms with Gasteiger partial charge in [-0.05, 0) is 37.1 Å². The molecule has 4 nitrogen and oxygen atoms in total. The minimum Gasteiger partial charge on any atom is -0.357 e. The molecule has 0 unspecified atom stereocenters. The third-order valence-electron chi connectivity index (χ3n) is 3.58. The van der Waals surface area contributed by atoms with Crippen molar-refractivity contribution in [3.05, 3.63) is 70.8 Å². The molecule has 0 aromatic heterocycles. The summed E-state index contributed by atoms with van der Waals surface area (Å²) in [4.78, 5) is 4.33. The summed E-state index contributed by atoms with van der Waals surface area (Å²) in [5, 5.41) is 14.9. The molecule has 0 saturated heterocycles. The van der Waals surface area contributed by atoms with E-state index in [1.165, 1.54) is 12.1 Å². The van der Waals surface area contributed by atoms with Crippen molar-refractivity contribution < 1.29 is 8.78 Å². The van der Waals surface area contributed by atoms with Crippen LogP contribution in [0.3, 0.4) is 0 Å². The first-order valence-corrected chi connectivity index (χ1v) is 8.08. The molecule has 2 aromatic carbocycles. The Morgan fingerprint density at radius 2 is 1.85 bits per heavy atom. The van der Waals surface area contributed by atoms with E-state index in [-0.39, 0.29) is 41.9 Å². The first-order chi connectivity index (χ1) is 12.1. The van der Waals surface area contributed by atoms with Crippen LogP contribution in [0.2, 0.25) is 0 Å². The molecule has 0 aliphatic rings. The number of hydrogen-bond acceptors (Lipinski definition) is 2. The summed E-state index contributed by atoms with van der Waals surface area (Å²) < 4.78 is 27.5. The molecule has 0 amide bonds. The Morgan fingerprint density at radius 1 is 1.08 bits per heavy atom. The molecule has 138 valence electrons. The van der Waals surface area contributed by atoms with Crippen LogP contribution in [-0.4, -0.2) is 19.0 Å². The first kappa shape index (κ1) is 21.8. The third kappa shape index (κ3) is 6.59. The molecular formula is C19H21F2IN4. The van der Waals surface area contributed by atoms with E-state index in [0.29, 0.717) is 36.6 Å². The van der Waals surface area contributed by atoms with Crippen LogP contribution in [0, 0.1) is 23.0 Å². The molecule has 0 aliphatic heterocycles. The predicted octanol–water partition coefficient (Wildman–Crippen LogP) is 3.75. The maximum atomic E-state index is 13.9. The lowest BCUT2D eigenvalue weighted by molar-refractivity contribution is 0.605. The largest absolute Gasteiger partial charge is 0.357 e. The van der Waals surface area contributed by atoms with E-state index in [0.717, 1.165) is 0 Å². The van der Waals surface area contributed by atoms with E-state index >= 15 is 0 Å². The highest BCUT2D eigenvalue weighted by atomic mass is 127. The minimum atomic E-state index is -0.454. The lowest BCUT2D eigenvalue weighted by Gasteiger charge is -2.12. The maximum Gasteiger partial charge on any atom is 0.191 e. The minimum absolute atomic E-state index is 0. The highest BCUT2D eigenvalue weighted by Crippen LogP contribution is 2.11. The lowest BCUT2D eigenvalue weighted by atomic mass is 10.1. The first-order valence-electron chi connectivity index (χ1n) is 8.08. The van der Waals surface area contributed by atoms with E-state index in [2.05, 4.69) is 15.6 Å². The quantitative estimate of drug-likeness (QED) is 0.384. The molecular weight excluding hydrogens is 449 g/mol. The predicted molar refractivity (Wildman–Crippen MR) is 109 cm³/mol. The topological polar surface area (TPSA) is 60.2 Å². The van der Waals surface area contributed by atoms with Gasteiger partial charge in [-0.15, -0.1) is 24.0 Å². The SMILES string of the molecule is CCNC(=NCc1ccc(C#N)cc1F)NCCc1ccccc1F.I. The van der Waals surface area contributed by atoms with E-state index in [1.807, 2.05) is 13.0 Å². The second kappa shape index (κ2) is 11.4. The average Bonchev–Trinajstić information content (AvgIpc) is 2.62. The molecule has 0 bridgehead atoms. The Kier molecular flexibility index (Phi) is 9.58. The van der Waals surface area contributed by atoms with Crippen LogP contribution < -0.4 is 10.6 Å². The van der Waals surface area contributed by atoms with Crippen LogP contribution in [0.1, 0.15) is 23.6 Å². The van der Waals surface area contributed by atoms with Crippen molar-refractivity contribution in [3.63, 3.8) is 0 Å². The zero-order chi connectivity index (χ0) is 18.1. The summed E-state index contributed by atoms with van der Waals surface area (Å²) in [5.74, 6) is -0.154. The van der Waals surface area contributed by atoms with E-state index in [1.54, 1.807) is 30.3 Å². The van der Waals surface area contributed by atoms with Gasteiger partial charge in [0, 0.05) is 18.7 Å². The van der Waals surface area contributed by atoms with Crippen LogP contribution in [0.25, 0.3) is 0 Å². The smallest absolute Gasteiger partial charge is 0.191 e. The monoisotopic (exact) mass is 470 g/mol. The van der Waals surface area contributed by atoms with Gasteiger partial charge in [-0.2, -0.15) is 5.26 Å². The Labute approximate surface area is 169 Å². The van der Waals surface area contributed by atoms with E-state index < -0.39 is 5.82 Å². The fourth-order valence-corrected chi connectivity index (χ4v) is 2.27. The van der Waals surface area contributed by atoms with Crippen molar-refractivity contribution in [1.82, 2.24) is 10.6 Å². The highest BCUT2D eigenvalue weighted by molar-refractivity contribution is 14.0. The summed E-state index contributed by atoms with van der Waals surface area (Å²) in [7, 11) is 0. The zero-order valence-corrected chi connectivity index (χ0v) is 16.8. The number of benzene rings is 2. The molecule has 0 atom stereocenters. The lowest BCUT2D eigenvalue weighted by Crippen LogP contribution is -2.38. The number of aliphatic imine (C=N–C) groups is 1. The number of guanidine groups is 1. The molecule has 0 saturated carbocycles. The number of hydrogen-bond donors (Lipinski definition) is 2. The molecule has 0 heterocycles. The highest BCUT2D eigenvalue weighted by Gasteiger charge is 2.05. The van der Waals surface area contributed by atoms with Crippen molar-refractivity contribution in [2.45, 2.75) is 19.9 Å². The molecule has 2 rings (SSSR count). The molecule has 0 fully saturated rings. The molecule has 0 radical (unpaired) electrons. The Morgan fingerprint density at radius 3 is 2.50 bits per heavy atom. The number of nitrogens with one attached hydrogen (secondary N) is 2. The summed E-state index contributed by atoms with van der Waals surface area (Å²) >= 11 is 0. The Hall–Kier alpha value is -2.21. The van der Waals surface area contributed by atoms with E-state index in [9.17, 15) is 8.78 Å². The van der Waals surface area contributed by atoms with Crippen LogP contribution in [-0.2, 0) is 13.0 Å². The van der Waals surface area contributed by atoms with Gasteiger partial charge in [0.05, 0.1) is 18.2 Å². The number of halogens is 3. The van der Waals surface area contributed by atoms with Crippen LogP contribution in [0.5, 0.6) is 0 Å². The van der Waals surface area contributed by atoms with Crippen LogP contribution in [0.15, 0.2) is 47.5 Å². The Balaban J connectivity index is 0.00000338. The normalized spacial score (nSPS) is 10.6. The van der Waals surface area contributed by atoms with Gasteiger partial charge in [0.1, 0.15) is 11.6 Å². The molecule has 2 aromatic rings. The van der Waals surface area contributed by atoms with Gasteiger partial charge in [0.2, 0.25) is 0 Å². The standard InChI is InChI=1S/C19H20F2N4.HI/c1-2-23-19(24-10-9-15-5-3-4-6-17(15)20)25-13-16-8-7-14(12-22)11-18(16)21;/h3-8,11H,2,9-10,13H2,1H3,(H2,23,24,25);1H. The van der Waals surface area contributed by atoms with Gasteiger partial charge < -0.3 is 10.6 Å². The maximum absolute atomic E-state index is 13.9. The molecule has 2 N–H and O–H groups in total. The van der Waals surface area contributed by atoms with Gasteiger partial charge in [-0.3, -0.25) is 0 Å².